The second-order valence-electron chi connectivity index (χ2n) is 4.12. The lowest BCUT2D eigenvalue weighted by Crippen LogP contribution is -2.29. The average Bonchev–Trinajstić information content (AvgIpc) is 2.34. The maximum Gasteiger partial charge on any atom is 0.326 e. The number of aryl methyl sites for hydroxylation is 1. The zero-order chi connectivity index (χ0) is 13.5. The molecule has 0 radical (unpaired) electrons. The van der Waals surface area contributed by atoms with E-state index in [9.17, 15) is 4.79 Å². The number of hydrogen-bond acceptors (Lipinski definition) is 4. The van der Waals surface area contributed by atoms with Gasteiger partial charge in [-0.1, -0.05) is 19.8 Å². The number of hydrogen-bond donors (Lipinski definition) is 2. The van der Waals surface area contributed by atoms with E-state index in [0.29, 0.717) is 23.5 Å². The van der Waals surface area contributed by atoms with Crippen LogP contribution in [0.4, 0.5) is 5.82 Å². The number of rotatable bonds is 6. The molecule has 0 aliphatic carbocycles. The molecule has 0 aromatic carbocycles. The molecule has 2 N–H and O–H groups in total. The minimum atomic E-state index is -0.882. The summed E-state index contributed by atoms with van der Waals surface area (Å²) < 4.78 is 0. The van der Waals surface area contributed by atoms with E-state index < -0.39 is 12.0 Å². The number of nitrogens with zero attached hydrogens (tertiary/aromatic N) is 2. The molecule has 0 spiro atoms. The lowest BCUT2D eigenvalue weighted by molar-refractivity contribution is -0.138. The summed E-state index contributed by atoms with van der Waals surface area (Å²) in [5.74, 6) is -0.387. The van der Waals surface area contributed by atoms with Crippen molar-refractivity contribution >= 4 is 11.8 Å². The van der Waals surface area contributed by atoms with E-state index in [-0.39, 0.29) is 0 Å². The fourth-order valence-electron chi connectivity index (χ4n) is 1.60. The van der Waals surface area contributed by atoms with Crippen LogP contribution in [0.5, 0.6) is 0 Å². The maximum atomic E-state index is 11.1. The molecule has 5 nitrogen and oxygen atoms in total. The van der Waals surface area contributed by atoms with Crippen molar-refractivity contribution in [2.75, 3.05) is 5.32 Å². The number of anilines is 1. The van der Waals surface area contributed by atoms with E-state index in [0.717, 1.165) is 12.8 Å². The zero-order valence-corrected chi connectivity index (χ0v) is 10.6. The summed E-state index contributed by atoms with van der Waals surface area (Å²) in [6.07, 6.45) is 2.36. The van der Waals surface area contributed by atoms with Crippen LogP contribution in [0.1, 0.15) is 37.4 Å². The molecule has 18 heavy (non-hydrogen) atoms. The zero-order valence-electron chi connectivity index (χ0n) is 10.6. The minimum Gasteiger partial charge on any atom is -0.480 e. The van der Waals surface area contributed by atoms with Gasteiger partial charge in [-0.2, -0.15) is 5.26 Å². The molecule has 0 fully saturated rings. The molecule has 0 aliphatic rings. The third-order valence-corrected chi connectivity index (χ3v) is 2.67. The standard InChI is InChI=1S/C13H17N3O2/c1-3-4-5-11(13(17)18)16-12-7-6-10(8-14)9(2)15-12/h6-7,11H,3-5H2,1-2H3,(H,15,16)(H,17,18)/t11-/m0/s1. The van der Waals surface area contributed by atoms with Crippen molar-refractivity contribution in [3.8, 4) is 6.07 Å². The Kier molecular flexibility index (Phi) is 5.12. The molecular formula is C13H17N3O2. The molecule has 1 aromatic rings. The molecule has 96 valence electrons. The number of carboxylic acid groups (broad SMARTS) is 1. The summed E-state index contributed by atoms with van der Waals surface area (Å²) in [5.41, 5.74) is 1.10. The Morgan fingerprint density at radius 3 is 2.83 bits per heavy atom. The summed E-state index contributed by atoms with van der Waals surface area (Å²) in [7, 11) is 0. The van der Waals surface area contributed by atoms with Crippen LogP contribution < -0.4 is 5.32 Å². The molecular weight excluding hydrogens is 230 g/mol. The maximum absolute atomic E-state index is 11.1. The Bertz CT molecular complexity index is 466. The average molecular weight is 247 g/mol. The SMILES string of the molecule is CCCC[C@H](Nc1ccc(C#N)c(C)n1)C(=O)O. The van der Waals surface area contributed by atoms with Gasteiger partial charge in [-0.3, -0.25) is 0 Å². The van der Waals surface area contributed by atoms with Crippen molar-refractivity contribution in [3.63, 3.8) is 0 Å². The highest BCUT2D eigenvalue weighted by molar-refractivity contribution is 5.76. The third kappa shape index (κ3) is 3.74. The largest absolute Gasteiger partial charge is 0.480 e. The lowest BCUT2D eigenvalue weighted by atomic mass is 10.1. The molecule has 5 heteroatoms. The van der Waals surface area contributed by atoms with Gasteiger partial charge < -0.3 is 10.4 Å². The first-order chi connectivity index (χ1) is 8.58. The lowest BCUT2D eigenvalue weighted by Gasteiger charge is -2.15. The monoisotopic (exact) mass is 247 g/mol. The van der Waals surface area contributed by atoms with E-state index in [1.165, 1.54) is 0 Å². The van der Waals surface area contributed by atoms with Crippen molar-refractivity contribution in [2.24, 2.45) is 0 Å². The van der Waals surface area contributed by atoms with Gasteiger partial charge in [-0.25, -0.2) is 9.78 Å². The van der Waals surface area contributed by atoms with Crippen LogP contribution in [-0.2, 0) is 4.79 Å². The van der Waals surface area contributed by atoms with Gasteiger partial charge in [0.2, 0.25) is 0 Å². The summed E-state index contributed by atoms with van der Waals surface area (Å²) in [4.78, 5) is 15.3. The molecule has 0 saturated heterocycles. The van der Waals surface area contributed by atoms with E-state index >= 15 is 0 Å². The van der Waals surface area contributed by atoms with Crippen LogP contribution in [0.25, 0.3) is 0 Å². The molecule has 0 bridgehead atoms. The second-order valence-corrected chi connectivity index (χ2v) is 4.12. The topological polar surface area (TPSA) is 86.0 Å². The van der Waals surface area contributed by atoms with Crippen LogP contribution in [-0.4, -0.2) is 22.1 Å². The van der Waals surface area contributed by atoms with Crippen molar-refractivity contribution in [3.05, 3.63) is 23.4 Å². The first-order valence-electron chi connectivity index (χ1n) is 5.95. The van der Waals surface area contributed by atoms with E-state index in [1.807, 2.05) is 13.0 Å². The Morgan fingerprint density at radius 2 is 2.33 bits per heavy atom. The van der Waals surface area contributed by atoms with Crippen molar-refractivity contribution in [2.45, 2.75) is 39.2 Å². The van der Waals surface area contributed by atoms with E-state index in [2.05, 4.69) is 10.3 Å². The summed E-state index contributed by atoms with van der Waals surface area (Å²) in [5, 5.41) is 20.8. The Balaban J connectivity index is 2.78. The first kappa shape index (κ1) is 14.0. The summed E-state index contributed by atoms with van der Waals surface area (Å²) in [6, 6.07) is 4.67. The van der Waals surface area contributed by atoms with Crippen LogP contribution in [0, 0.1) is 18.3 Å². The Hall–Kier alpha value is -2.09. The second kappa shape index (κ2) is 6.60. The van der Waals surface area contributed by atoms with Gasteiger partial charge in [-0.05, 0) is 25.5 Å². The molecule has 0 saturated carbocycles. The van der Waals surface area contributed by atoms with Crippen molar-refractivity contribution < 1.29 is 9.90 Å². The Morgan fingerprint density at radius 1 is 1.61 bits per heavy atom. The molecule has 1 atom stereocenters. The van der Waals surface area contributed by atoms with Crippen molar-refractivity contribution in [1.82, 2.24) is 4.98 Å². The van der Waals surface area contributed by atoms with E-state index in [1.54, 1.807) is 19.1 Å². The van der Waals surface area contributed by atoms with Gasteiger partial charge in [0, 0.05) is 0 Å². The van der Waals surface area contributed by atoms with Crippen LogP contribution in [0.2, 0.25) is 0 Å². The fraction of sp³-hybridized carbons (Fsp3) is 0.462. The van der Waals surface area contributed by atoms with Gasteiger partial charge in [0.25, 0.3) is 0 Å². The molecule has 0 aliphatic heterocycles. The number of nitrogens with one attached hydrogen (secondary N) is 1. The first-order valence-corrected chi connectivity index (χ1v) is 5.95. The summed E-state index contributed by atoms with van der Waals surface area (Å²) >= 11 is 0. The smallest absolute Gasteiger partial charge is 0.326 e. The fourth-order valence-corrected chi connectivity index (χ4v) is 1.60. The predicted octanol–water partition coefficient (Wildman–Crippen LogP) is 2.32. The van der Waals surface area contributed by atoms with Gasteiger partial charge in [0.1, 0.15) is 17.9 Å². The molecule has 1 aromatic heterocycles. The van der Waals surface area contributed by atoms with Crippen molar-refractivity contribution in [1.29, 1.82) is 5.26 Å². The summed E-state index contributed by atoms with van der Waals surface area (Å²) in [6.45, 7) is 3.74. The molecule has 0 amide bonds. The number of unbranched alkanes of at least 4 members (excludes halogenated alkanes) is 1. The van der Waals surface area contributed by atoms with E-state index in [4.69, 9.17) is 10.4 Å². The van der Waals surface area contributed by atoms with Gasteiger partial charge in [-0.15, -0.1) is 0 Å². The normalized spacial score (nSPS) is 11.6. The van der Waals surface area contributed by atoms with Gasteiger partial charge >= 0.3 is 5.97 Å². The predicted molar refractivity (Wildman–Crippen MR) is 68.3 cm³/mol. The molecule has 1 rings (SSSR count). The highest BCUT2D eigenvalue weighted by Gasteiger charge is 2.17. The molecule has 1 heterocycles. The number of carbonyl (C=O) groups is 1. The number of aromatic nitrogens is 1. The number of aliphatic carboxylic acids is 1. The Labute approximate surface area is 106 Å². The highest BCUT2D eigenvalue weighted by Crippen LogP contribution is 2.13. The number of pyridine rings is 1. The van der Waals surface area contributed by atoms with Crippen LogP contribution in [0.3, 0.4) is 0 Å². The minimum absolute atomic E-state index is 0.495. The van der Waals surface area contributed by atoms with Crippen LogP contribution in [0.15, 0.2) is 12.1 Å². The number of nitriles is 1. The third-order valence-electron chi connectivity index (χ3n) is 2.67. The van der Waals surface area contributed by atoms with Gasteiger partial charge in [0.15, 0.2) is 0 Å². The quantitative estimate of drug-likeness (QED) is 0.805. The van der Waals surface area contributed by atoms with Gasteiger partial charge in [0.05, 0.1) is 11.3 Å². The highest BCUT2D eigenvalue weighted by atomic mass is 16.4. The number of carboxylic acids is 1. The van der Waals surface area contributed by atoms with Crippen LogP contribution >= 0.6 is 0 Å². The molecule has 0 unspecified atom stereocenters.